The van der Waals surface area contributed by atoms with E-state index in [-0.39, 0.29) is 0 Å². The van der Waals surface area contributed by atoms with Crippen LogP contribution in [0.4, 0.5) is 0 Å². The molecule has 1 aliphatic rings. The Kier molecular flexibility index (Phi) is 6.00. The summed E-state index contributed by atoms with van der Waals surface area (Å²) in [4.78, 5) is 2.49. The van der Waals surface area contributed by atoms with Crippen LogP contribution in [0, 0.1) is 0 Å². The molecule has 0 bridgehead atoms. The molecule has 0 amide bonds. The van der Waals surface area contributed by atoms with Gasteiger partial charge in [0.1, 0.15) is 0 Å². The lowest BCUT2D eigenvalue weighted by molar-refractivity contribution is 0.0427. The lowest BCUT2D eigenvalue weighted by atomic mass is 10.1. The maximum Gasteiger partial charge on any atom is 0.0480 e. The molecule has 1 fully saturated rings. The minimum absolute atomic E-state index is 0.768. The molecule has 1 heterocycles. The number of hydrogen-bond donors (Lipinski definition) is 0. The van der Waals surface area contributed by atoms with Gasteiger partial charge in [0.15, 0.2) is 0 Å². The predicted molar refractivity (Wildman–Crippen MR) is 59.5 cm³/mol. The maximum atomic E-state index is 5.34. The van der Waals surface area contributed by atoms with Crippen molar-refractivity contribution in [2.75, 3.05) is 32.1 Å². The van der Waals surface area contributed by atoms with Gasteiger partial charge in [0.25, 0.3) is 0 Å². The van der Waals surface area contributed by atoms with Crippen molar-refractivity contribution in [1.82, 2.24) is 4.90 Å². The first-order valence-electron chi connectivity index (χ1n) is 5.18. The van der Waals surface area contributed by atoms with E-state index < -0.39 is 0 Å². The summed E-state index contributed by atoms with van der Waals surface area (Å²) in [5.41, 5.74) is 0. The van der Waals surface area contributed by atoms with Gasteiger partial charge in [0.05, 0.1) is 0 Å². The van der Waals surface area contributed by atoms with Gasteiger partial charge in [-0.25, -0.2) is 0 Å². The summed E-state index contributed by atoms with van der Waals surface area (Å²) in [5, 5.41) is 1.13. The third-order valence-electron chi connectivity index (χ3n) is 2.71. The molecule has 0 aliphatic carbocycles. The predicted octanol–water partition coefficient (Wildman–Crippen LogP) is 2.27. The van der Waals surface area contributed by atoms with E-state index in [2.05, 4.69) is 27.9 Å². The van der Waals surface area contributed by atoms with Crippen LogP contribution >= 0.6 is 15.9 Å². The first-order valence-corrected chi connectivity index (χ1v) is 6.30. The van der Waals surface area contributed by atoms with Gasteiger partial charge in [-0.05, 0) is 39.3 Å². The molecule has 1 aliphatic heterocycles. The van der Waals surface area contributed by atoms with Crippen LogP contribution < -0.4 is 0 Å². The molecule has 0 saturated carbocycles. The highest BCUT2D eigenvalue weighted by Crippen LogP contribution is 2.13. The van der Waals surface area contributed by atoms with Crippen LogP contribution in [-0.4, -0.2) is 43.1 Å². The molecule has 3 heteroatoms. The summed E-state index contributed by atoms with van der Waals surface area (Å²) in [5.74, 6) is 0. The highest BCUT2D eigenvalue weighted by Gasteiger charge is 2.17. The van der Waals surface area contributed by atoms with Crippen molar-refractivity contribution in [3.05, 3.63) is 0 Å². The third-order valence-corrected chi connectivity index (χ3v) is 3.27. The van der Waals surface area contributed by atoms with Crippen molar-refractivity contribution in [2.45, 2.75) is 31.7 Å². The summed E-state index contributed by atoms with van der Waals surface area (Å²) in [6, 6.07) is 0.768. The molecule has 1 saturated heterocycles. The minimum atomic E-state index is 0.768. The second kappa shape index (κ2) is 6.80. The third kappa shape index (κ3) is 4.43. The molecule has 0 N–H and O–H groups in total. The summed E-state index contributed by atoms with van der Waals surface area (Å²) < 4.78 is 5.34. The Morgan fingerprint density at radius 2 is 2.00 bits per heavy atom. The summed E-state index contributed by atoms with van der Waals surface area (Å²) in [6.45, 7) is 3.14. The van der Waals surface area contributed by atoms with Gasteiger partial charge >= 0.3 is 0 Å². The smallest absolute Gasteiger partial charge is 0.0480 e. The lowest BCUT2D eigenvalue weighted by Crippen LogP contribution is -2.37. The summed E-state index contributed by atoms with van der Waals surface area (Å²) in [6.07, 6.45) is 5.02. The molecule has 0 aromatic heterocycles. The number of ether oxygens (including phenoxy) is 1. The monoisotopic (exact) mass is 249 g/mol. The van der Waals surface area contributed by atoms with Crippen LogP contribution in [0.1, 0.15) is 25.7 Å². The molecule has 78 valence electrons. The molecule has 1 rings (SSSR count). The molecule has 0 aromatic rings. The lowest BCUT2D eigenvalue weighted by Gasteiger charge is -2.31. The summed E-state index contributed by atoms with van der Waals surface area (Å²) >= 11 is 3.46. The Bertz CT molecular complexity index is 126. The topological polar surface area (TPSA) is 12.5 Å². The van der Waals surface area contributed by atoms with Gasteiger partial charge in [-0.1, -0.05) is 15.9 Å². The van der Waals surface area contributed by atoms with Crippen LogP contribution in [0.25, 0.3) is 0 Å². The number of nitrogens with zero attached hydrogens (tertiary/aromatic N) is 1. The fourth-order valence-electron chi connectivity index (χ4n) is 1.76. The average molecular weight is 250 g/mol. The molecule has 0 aromatic carbocycles. The number of unbranched alkanes of at least 4 members (excludes halogenated alkanes) is 1. The zero-order valence-corrected chi connectivity index (χ0v) is 10.1. The molecular weight excluding hydrogens is 230 g/mol. The van der Waals surface area contributed by atoms with Crippen LogP contribution in [0.5, 0.6) is 0 Å². The molecule has 13 heavy (non-hydrogen) atoms. The second-order valence-electron chi connectivity index (χ2n) is 3.72. The first-order chi connectivity index (χ1) is 6.34. The van der Waals surface area contributed by atoms with Gasteiger partial charge < -0.3 is 9.64 Å². The normalized spacial score (nSPS) is 19.6. The zero-order chi connectivity index (χ0) is 9.52. The Hall–Kier alpha value is 0.400. The SMILES string of the molecule is CN(CCCCBr)C1CCOCC1. The molecular formula is C10H20BrNO. The van der Waals surface area contributed by atoms with Crippen LogP contribution in [0.15, 0.2) is 0 Å². The Morgan fingerprint density at radius 3 is 2.62 bits per heavy atom. The Labute approximate surface area is 89.8 Å². The van der Waals surface area contributed by atoms with Crippen LogP contribution in [0.2, 0.25) is 0 Å². The Balaban J connectivity index is 2.09. The number of hydrogen-bond acceptors (Lipinski definition) is 2. The van der Waals surface area contributed by atoms with E-state index in [0.717, 1.165) is 24.6 Å². The van der Waals surface area contributed by atoms with E-state index >= 15 is 0 Å². The maximum absolute atomic E-state index is 5.34. The average Bonchev–Trinajstić information content (AvgIpc) is 2.19. The highest BCUT2D eigenvalue weighted by molar-refractivity contribution is 9.09. The van der Waals surface area contributed by atoms with Crippen molar-refractivity contribution in [2.24, 2.45) is 0 Å². The van der Waals surface area contributed by atoms with Gasteiger partial charge in [0, 0.05) is 24.6 Å². The minimum Gasteiger partial charge on any atom is -0.381 e. The standard InChI is InChI=1S/C10H20BrNO/c1-12(7-3-2-6-11)10-4-8-13-9-5-10/h10H,2-9H2,1H3. The molecule has 0 unspecified atom stereocenters. The largest absolute Gasteiger partial charge is 0.381 e. The fraction of sp³-hybridized carbons (Fsp3) is 1.00. The number of rotatable bonds is 5. The summed E-state index contributed by atoms with van der Waals surface area (Å²) in [7, 11) is 2.24. The van der Waals surface area contributed by atoms with Gasteiger partial charge in [-0.15, -0.1) is 0 Å². The quantitative estimate of drug-likeness (QED) is 0.548. The second-order valence-corrected chi connectivity index (χ2v) is 4.51. The van der Waals surface area contributed by atoms with E-state index in [9.17, 15) is 0 Å². The van der Waals surface area contributed by atoms with Gasteiger partial charge in [0.2, 0.25) is 0 Å². The van der Waals surface area contributed by atoms with Crippen LogP contribution in [0.3, 0.4) is 0 Å². The van der Waals surface area contributed by atoms with Crippen molar-refractivity contribution in [1.29, 1.82) is 0 Å². The van der Waals surface area contributed by atoms with E-state index in [1.54, 1.807) is 0 Å². The zero-order valence-electron chi connectivity index (χ0n) is 8.47. The first kappa shape index (κ1) is 11.5. The number of halogens is 1. The van der Waals surface area contributed by atoms with Crippen LogP contribution in [-0.2, 0) is 4.74 Å². The van der Waals surface area contributed by atoms with E-state index in [0.29, 0.717) is 0 Å². The number of alkyl halides is 1. The Morgan fingerprint density at radius 1 is 1.31 bits per heavy atom. The molecule has 2 nitrogen and oxygen atoms in total. The van der Waals surface area contributed by atoms with Crippen molar-refractivity contribution < 1.29 is 4.74 Å². The molecule has 0 radical (unpaired) electrons. The van der Waals surface area contributed by atoms with E-state index in [4.69, 9.17) is 4.74 Å². The molecule has 0 spiro atoms. The van der Waals surface area contributed by atoms with E-state index in [1.807, 2.05) is 0 Å². The highest BCUT2D eigenvalue weighted by atomic mass is 79.9. The van der Waals surface area contributed by atoms with Crippen molar-refractivity contribution in [3.63, 3.8) is 0 Å². The van der Waals surface area contributed by atoms with E-state index in [1.165, 1.54) is 32.2 Å². The molecule has 0 atom stereocenters. The fourth-order valence-corrected chi connectivity index (χ4v) is 2.16. The van der Waals surface area contributed by atoms with Crippen molar-refractivity contribution >= 4 is 15.9 Å². The van der Waals surface area contributed by atoms with Crippen molar-refractivity contribution in [3.8, 4) is 0 Å². The van der Waals surface area contributed by atoms with Gasteiger partial charge in [-0.2, -0.15) is 0 Å². The van der Waals surface area contributed by atoms with Gasteiger partial charge in [-0.3, -0.25) is 0 Å².